The first-order valence-electron chi connectivity index (χ1n) is 4.12. The maximum Gasteiger partial charge on any atom is 0.176 e. The largest absolute Gasteiger partial charge is 0.508 e. The van der Waals surface area contributed by atoms with Gasteiger partial charge in [0.15, 0.2) is 5.78 Å². The van der Waals surface area contributed by atoms with Gasteiger partial charge in [-0.3, -0.25) is 4.79 Å². The lowest BCUT2D eigenvalue weighted by Gasteiger charge is -2.02. The zero-order chi connectivity index (χ0) is 9.84. The predicted molar refractivity (Wildman–Crippen MR) is 51.1 cm³/mol. The van der Waals surface area contributed by atoms with Crippen LogP contribution in [0.4, 0.5) is 0 Å². The number of hydrogen-bond acceptors (Lipinski definition) is 3. The van der Waals surface area contributed by atoms with Gasteiger partial charge in [-0.15, -0.1) is 0 Å². The summed E-state index contributed by atoms with van der Waals surface area (Å²) in [6.45, 7) is 2.09. The van der Waals surface area contributed by atoms with Gasteiger partial charge in [0.25, 0.3) is 0 Å². The minimum atomic E-state index is 0.0330. The summed E-state index contributed by atoms with van der Waals surface area (Å²) in [5, 5.41) is 12.0. The lowest BCUT2D eigenvalue weighted by Crippen LogP contribution is -2.18. The summed E-state index contributed by atoms with van der Waals surface area (Å²) in [6.07, 6.45) is 0. The fourth-order valence-electron chi connectivity index (χ4n) is 1.09. The number of rotatable bonds is 3. The van der Waals surface area contributed by atoms with Crippen molar-refractivity contribution in [3.8, 4) is 5.75 Å². The van der Waals surface area contributed by atoms with E-state index in [-0.39, 0.29) is 11.5 Å². The highest BCUT2D eigenvalue weighted by molar-refractivity contribution is 5.97. The fraction of sp³-hybridized carbons (Fsp3) is 0.300. The summed E-state index contributed by atoms with van der Waals surface area (Å²) < 4.78 is 0. The first-order valence-corrected chi connectivity index (χ1v) is 4.12. The van der Waals surface area contributed by atoms with Crippen LogP contribution >= 0.6 is 0 Å². The van der Waals surface area contributed by atoms with Gasteiger partial charge in [-0.05, 0) is 37.7 Å². The number of Topliss-reactive ketones (excluding diaryl/α,β-unsaturated/α-hetero) is 1. The predicted octanol–water partition coefficient (Wildman–Crippen LogP) is 1.10. The highest BCUT2D eigenvalue weighted by Gasteiger charge is 2.05. The molecule has 0 saturated heterocycles. The molecule has 0 saturated carbocycles. The van der Waals surface area contributed by atoms with Crippen LogP contribution in [0.15, 0.2) is 18.2 Å². The van der Waals surface area contributed by atoms with E-state index in [1.54, 1.807) is 26.1 Å². The lowest BCUT2D eigenvalue weighted by molar-refractivity contribution is 0.0993. The number of carbonyl (C=O) groups excluding carboxylic acids is 1. The number of aryl methyl sites for hydroxylation is 1. The quantitative estimate of drug-likeness (QED) is 0.683. The third-order valence-corrected chi connectivity index (χ3v) is 1.86. The monoisotopic (exact) mass is 179 g/mol. The molecule has 0 unspecified atom stereocenters. The number of nitrogens with one attached hydrogen (secondary N) is 1. The second kappa shape index (κ2) is 4.05. The van der Waals surface area contributed by atoms with E-state index in [0.29, 0.717) is 12.1 Å². The van der Waals surface area contributed by atoms with Gasteiger partial charge < -0.3 is 10.4 Å². The molecule has 0 aliphatic carbocycles. The van der Waals surface area contributed by atoms with E-state index in [4.69, 9.17) is 0 Å². The molecule has 0 aromatic heterocycles. The maximum atomic E-state index is 11.4. The zero-order valence-electron chi connectivity index (χ0n) is 7.79. The molecule has 0 aliphatic heterocycles. The summed E-state index contributed by atoms with van der Waals surface area (Å²) in [5.41, 5.74) is 1.35. The van der Waals surface area contributed by atoms with Crippen molar-refractivity contribution in [2.45, 2.75) is 6.92 Å². The number of likely N-dealkylation sites (N-methyl/N-ethyl adjacent to an activating group) is 1. The minimum absolute atomic E-state index is 0.0330. The molecule has 0 spiro atoms. The van der Waals surface area contributed by atoms with Crippen molar-refractivity contribution in [3.63, 3.8) is 0 Å². The molecule has 70 valence electrons. The van der Waals surface area contributed by atoms with E-state index >= 15 is 0 Å². The van der Waals surface area contributed by atoms with Gasteiger partial charge in [-0.25, -0.2) is 0 Å². The Labute approximate surface area is 77.4 Å². The van der Waals surface area contributed by atoms with Crippen molar-refractivity contribution in [1.29, 1.82) is 0 Å². The Morgan fingerprint density at radius 2 is 2.23 bits per heavy atom. The van der Waals surface area contributed by atoms with E-state index < -0.39 is 0 Å². The molecular weight excluding hydrogens is 166 g/mol. The molecule has 0 bridgehead atoms. The number of aromatic hydroxyl groups is 1. The molecule has 0 amide bonds. The molecule has 1 aromatic carbocycles. The number of phenols is 1. The molecule has 0 atom stereocenters. The number of ketones is 1. The Morgan fingerprint density at radius 1 is 1.54 bits per heavy atom. The Kier molecular flexibility index (Phi) is 3.03. The van der Waals surface area contributed by atoms with Gasteiger partial charge in [0.05, 0.1) is 6.54 Å². The Balaban J connectivity index is 2.90. The molecule has 2 N–H and O–H groups in total. The average Bonchev–Trinajstić information content (AvgIpc) is 2.10. The van der Waals surface area contributed by atoms with E-state index in [1.165, 1.54) is 6.07 Å². The summed E-state index contributed by atoms with van der Waals surface area (Å²) in [4.78, 5) is 11.4. The molecule has 0 fully saturated rings. The van der Waals surface area contributed by atoms with Gasteiger partial charge in [0.2, 0.25) is 0 Å². The normalized spacial score (nSPS) is 10.0. The summed E-state index contributed by atoms with van der Waals surface area (Å²) in [6, 6.07) is 4.86. The van der Waals surface area contributed by atoms with E-state index in [2.05, 4.69) is 5.32 Å². The first-order chi connectivity index (χ1) is 6.15. The van der Waals surface area contributed by atoms with Crippen molar-refractivity contribution in [3.05, 3.63) is 29.3 Å². The molecule has 3 nitrogen and oxygen atoms in total. The van der Waals surface area contributed by atoms with Crippen LogP contribution in [-0.4, -0.2) is 24.5 Å². The highest BCUT2D eigenvalue weighted by Crippen LogP contribution is 2.16. The van der Waals surface area contributed by atoms with Gasteiger partial charge in [0, 0.05) is 5.56 Å². The number of hydrogen-bond donors (Lipinski definition) is 2. The van der Waals surface area contributed by atoms with Crippen LogP contribution in [0, 0.1) is 6.92 Å². The molecule has 1 rings (SSSR count). The van der Waals surface area contributed by atoms with Crippen molar-refractivity contribution >= 4 is 5.78 Å². The average molecular weight is 179 g/mol. The number of phenolic OH excluding ortho intramolecular Hbond substituents is 1. The van der Waals surface area contributed by atoms with Gasteiger partial charge in [-0.1, -0.05) is 0 Å². The van der Waals surface area contributed by atoms with Gasteiger partial charge in [0.1, 0.15) is 5.75 Å². The van der Waals surface area contributed by atoms with E-state index in [0.717, 1.165) is 5.56 Å². The third-order valence-electron chi connectivity index (χ3n) is 1.86. The molecule has 3 heteroatoms. The van der Waals surface area contributed by atoms with Gasteiger partial charge in [-0.2, -0.15) is 0 Å². The molecule has 0 aliphatic rings. The number of benzene rings is 1. The van der Waals surface area contributed by atoms with Crippen LogP contribution in [0.5, 0.6) is 5.75 Å². The summed E-state index contributed by atoms with van der Waals surface area (Å²) in [5.74, 6) is 0.256. The first kappa shape index (κ1) is 9.74. The number of carbonyl (C=O) groups is 1. The Hall–Kier alpha value is -1.35. The molecule has 0 radical (unpaired) electrons. The SMILES string of the molecule is CNCC(=O)c1ccc(O)c(C)c1. The summed E-state index contributed by atoms with van der Waals surface area (Å²) in [7, 11) is 1.73. The van der Waals surface area contributed by atoms with Crippen molar-refractivity contribution in [2.24, 2.45) is 0 Å². The van der Waals surface area contributed by atoms with Crippen LogP contribution in [0.25, 0.3) is 0 Å². The topological polar surface area (TPSA) is 49.3 Å². The third kappa shape index (κ3) is 2.29. The maximum absolute atomic E-state index is 11.4. The molecule has 0 heterocycles. The van der Waals surface area contributed by atoms with Crippen LogP contribution in [0.1, 0.15) is 15.9 Å². The van der Waals surface area contributed by atoms with Crippen LogP contribution < -0.4 is 5.32 Å². The fourth-order valence-corrected chi connectivity index (χ4v) is 1.09. The standard InChI is InChI=1S/C10H13NO2/c1-7-5-8(3-4-9(7)12)10(13)6-11-2/h3-5,11-12H,6H2,1-2H3. The van der Waals surface area contributed by atoms with E-state index in [9.17, 15) is 9.90 Å². The molecule has 13 heavy (non-hydrogen) atoms. The van der Waals surface area contributed by atoms with Gasteiger partial charge >= 0.3 is 0 Å². The Bertz CT molecular complexity index is 321. The van der Waals surface area contributed by atoms with E-state index in [1.807, 2.05) is 0 Å². The van der Waals surface area contributed by atoms with Crippen molar-refractivity contribution in [2.75, 3.05) is 13.6 Å². The Morgan fingerprint density at radius 3 is 2.77 bits per heavy atom. The van der Waals surface area contributed by atoms with Crippen molar-refractivity contribution in [1.82, 2.24) is 5.32 Å². The van der Waals surface area contributed by atoms with Crippen LogP contribution in [0.2, 0.25) is 0 Å². The lowest BCUT2D eigenvalue weighted by atomic mass is 10.1. The van der Waals surface area contributed by atoms with Crippen LogP contribution in [0.3, 0.4) is 0 Å². The second-order valence-corrected chi connectivity index (χ2v) is 2.95. The zero-order valence-corrected chi connectivity index (χ0v) is 7.79. The molecule has 1 aromatic rings. The summed E-state index contributed by atoms with van der Waals surface area (Å²) >= 11 is 0. The minimum Gasteiger partial charge on any atom is -0.508 e. The van der Waals surface area contributed by atoms with Crippen molar-refractivity contribution < 1.29 is 9.90 Å². The highest BCUT2D eigenvalue weighted by atomic mass is 16.3. The van der Waals surface area contributed by atoms with Crippen LogP contribution in [-0.2, 0) is 0 Å². The smallest absolute Gasteiger partial charge is 0.176 e. The molecular formula is C10H13NO2. The second-order valence-electron chi connectivity index (χ2n) is 2.95.